The van der Waals surface area contributed by atoms with Crippen molar-refractivity contribution in [2.75, 3.05) is 7.11 Å². The highest BCUT2D eigenvalue weighted by atomic mass is 16.5. The van der Waals surface area contributed by atoms with Gasteiger partial charge in [0.15, 0.2) is 0 Å². The molecule has 0 aliphatic carbocycles. The summed E-state index contributed by atoms with van der Waals surface area (Å²) in [6.07, 6.45) is 1.78. The topological polar surface area (TPSA) is 47.3 Å². The molecule has 3 nitrogen and oxygen atoms in total. The van der Waals surface area contributed by atoms with Crippen LogP contribution in [-0.4, -0.2) is 18.8 Å². The molecule has 2 unspecified atom stereocenters. The van der Waals surface area contributed by atoms with E-state index in [4.69, 9.17) is 10.6 Å². The lowest BCUT2D eigenvalue weighted by Gasteiger charge is -2.35. The molecule has 2 atom stereocenters. The highest BCUT2D eigenvalue weighted by Crippen LogP contribution is 2.25. The first-order valence-corrected chi connectivity index (χ1v) is 7.37. The second kappa shape index (κ2) is 6.70. The standard InChI is InChI=1S/C17H30N2O/c1-7-17(5,20-6)15(19-18)12-13-8-10-14(11-9-13)16(2,3)4/h8-11,15,19H,7,12,18H2,1-6H3. The molecule has 0 amide bonds. The molecule has 0 radical (unpaired) electrons. The molecule has 0 aliphatic heterocycles. The molecule has 0 aliphatic rings. The minimum atomic E-state index is -0.253. The number of hydrazine groups is 1. The van der Waals surface area contributed by atoms with E-state index in [1.807, 2.05) is 0 Å². The van der Waals surface area contributed by atoms with E-state index in [-0.39, 0.29) is 17.1 Å². The fourth-order valence-corrected chi connectivity index (χ4v) is 2.36. The van der Waals surface area contributed by atoms with Crippen LogP contribution in [0.3, 0.4) is 0 Å². The van der Waals surface area contributed by atoms with Crippen LogP contribution in [0.5, 0.6) is 0 Å². The van der Waals surface area contributed by atoms with E-state index in [2.05, 4.69) is 64.3 Å². The molecule has 3 N–H and O–H groups in total. The lowest BCUT2D eigenvalue weighted by molar-refractivity contribution is -0.0288. The number of rotatable bonds is 6. The number of nitrogens with two attached hydrogens (primary N) is 1. The highest BCUT2D eigenvalue weighted by molar-refractivity contribution is 5.28. The number of ether oxygens (including phenoxy) is 1. The molecule has 0 saturated heterocycles. The molecule has 1 aromatic rings. The predicted molar refractivity (Wildman–Crippen MR) is 85.7 cm³/mol. The van der Waals surface area contributed by atoms with Gasteiger partial charge in [-0.15, -0.1) is 0 Å². The van der Waals surface area contributed by atoms with Gasteiger partial charge in [0.25, 0.3) is 0 Å². The van der Waals surface area contributed by atoms with E-state index in [0.717, 1.165) is 12.8 Å². The van der Waals surface area contributed by atoms with Gasteiger partial charge in [0.05, 0.1) is 11.6 Å². The van der Waals surface area contributed by atoms with E-state index < -0.39 is 0 Å². The van der Waals surface area contributed by atoms with Gasteiger partial charge in [-0.3, -0.25) is 11.3 Å². The van der Waals surface area contributed by atoms with Gasteiger partial charge < -0.3 is 4.74 Å². The van der Waals surface area contributed by atoms with Crippen LogP contribution >= 0.6 is 0 Å². The minimum absolute atomic E-state index is 0.0954. The number of hydrogen-bond acceptors (Lipinski definition) is 3. The first-order chi connectivity index (χ1) is 9.26. The summed E-state index contributed by atoms with van der Waals surface area (Å²) in [6.45, 7) is 10.9. The number of methoxy groups -OCH3 is 1. The maximum Gasteiger partial charge on any atom is 0.0817 e. The molecule has 20 heavy (non-hydrogen) atoms. The molecule has 0 spiro atoms. The van der Waals surface area contributed by atoms with Gasteiger partial charge in [-0.1, -0.05) is 52.0 Å². The Morgan fingerprint density at radius 2 is 1.70 bits per heavy atom. The third-order valence-electron chi connectivity index (χ3n) is 4.37. The summed E-state index contributed by atoms with van der Waals surface area (Å²) in [5.41, 5.74) is 5.48. The average Bonchev–Trinajstić information content (AvgIpc) is 2.43. The molecule has 1 rings (SSSR count). The quantitative estimate of drug-likeness (QED) is 0.620. The number of benzene rings is 1. The molecule has 0 saturated carbocycles. The summed E-state index contributed by atoms with van der Waals surface area (Å²) in [6, 6.07) is 8.89. The number of nitrogens with one attached hydrogen (secondary N) is 1. The van der Waals surface area contributed by atoms with Crippen molar-refractivity contribution in [3.63, 3.8) is 0 Å². The molecule has 1 aromatic carbocycles. The zero-order chi connectivity index (χ0) is 15.4. The van der Waals surface area contributed by atoms with Crippen molar-refractivity contribution < 1.29 is 4.74 Å². The Hall–Kier alpha value is -0.900. The molecular weight excluding hydrogens is 248 g/mol. The zero-order valence-electron chi connectivity index (χ0n) is 13.8. The van der Waals surface area contributed by atoms with Crippen molar-refractivity contribution in [1.82, 2.24) is 5.43 Å². The summed E-state index contributed by atoms with van der Waals surface area (Å²) in [5.74, 6) is 5.73. The van der Waals surface area contributed by atoms with Crippen LogP contribution in [-0.2, 0) is 16.6 Å². The highest BCUT2D eigenvalue weighted by Gasteiger charge is 2.31. The molecule has 0 fully saturated rings. The van der Waals surface area contributed by atoms with Gasteiger partial charge in [0.1, 0.15) is 0 Å². The largest absolute Gasteiger partial charge is 0.377 e. The van der Waals surface area contributed by atoms with Crippen LogP contribution in [0.1, 0.15) is 52.2 Å². The second-order valence-corrected chi connectivity index (χ2v) is 6.74. The first-order valence-electron chi connectivity index (χ1n) is 7.37. The van der Waals surface area contributed by atoms with Gasteiger partial charge in [0.2, 0.25) is 0 Å². The Morgan fingerprint density at radius 1 is 1.15 bits per heavy atom. The summed E-state index contributed by atoms with van der Waals surface area (Å²) in [7, 11) is 1.75. The van der Waals surface area contributed by atoms with Gasteiger partial charge in [0, 0.05) is 7.11 Å². The molecule has 0 aromatic heterocycles. The average molecular weight is 278 g/mol. The lowest BCUT2D eigenvalue weighted by atomic mass is 9.85. The van der Waals surface area contributed by atoms with Crippen LogP contribution in [0.2, 0.25) is 0 Å². The van der Waals surface area contributed by atoms with Crippen LogP contribution in [0, 0.1) is 0 Å². The van der Waals surface area contributed by atoms with Crippen LogP contribution in [0.4, 0.5) is 0 Å². The van der Waals surface area contributed by atoms with Crippen molar-refractivity contribution in [2.45, 2.75) is 64.5 Å². The van der Waals surface area contributed by atoms with Crippen molar-refractivity contribution >= 4 is 0 Å². The van der Waals surface area contributed by atoms with E-state index in [9.17, 15) is 0 Å². The fourth-order valence-electron chi connectivity index (χ4n) is 2.36. The SMILES string of the molecule is CCC(C)(OC)C(Cc1ccc(C(C)(C)C)cc1)NN. The first kappa shape index (κ1) is 17.2. The summed E-state index contributed by atoms with van der Waals surface area (Å²) < 4.78 is 5.65. The van der Waals surface area contributed by atoms with E-state index in [1.54, 1.807) is 7.11 Å². The maximum atomic E-state index is 5.73. The smallest absolute Gasteiger partial charge is 0.0817 e. The Balaban J connectivity index is 2.86. The zero-order valence-corrected chi connectivity index (χ0v) is 13.8. The van der Waals surface area contributed by atoms with Crippen molar-refractivity contribution in [3.8, 4) is 0 Å². The minimum Gasteiger partial charge on any atom is -0.377 e. The molecule has 114 valence electrons. The van der Waals surface area contributed by atoms with E-state index in [0.29, 0.717) is 0 Å². The monoisotopic (exact) mass is 278 g/mol. The molecular formula is C17H30N2O. The summed E-state index contributed by atoms with van der Waals surface area (Å²) in [5, 5.41) is 0. The van der Waals surface area contributed by atoms with Crippen LogP contribution in [0.25, 0.3) is 0 Å². The van der Waals surface area contributed by atoms with Crippen molar-refractivity contribution in [3.05, 3.63) is 35.4 Å². The van der Waals surface area contributed by atoms with Gasteiger partial charge in [-0.05, 0) is 36.3 Å². The molecule has 0 heterocycles. The lowest BCUT2D eigenvalue weighted by Crippen LogP contribution is -2.53. The predicted octanol–water partition coefficient (Wildman–Crippen LogP) is 3.17. The molecule has 3 heteroatoms. The fraction of sp³-hybridized carbons (Fsp3) is 0.647. The Morgan fingerprint density at radius 3 is 2.05 bits per heavy atom. The van der Waals surface area contributed by atoms with Gasteiger partial charge in [-0.25, -0.2) is 0 Å². The summed E-state index contributed by atoms with van der Waals surface area (Å²) in [4.78, 5) is 0. The molecule has 0 bridgehead atoms. The van der Waals surface area contributed by atoms with Crippen molar-refractivity contribution in [1.29, 1.82) is 0 Å². The number of hydrogen-bond donors (Lipinski definition) is 2. The second-order valence-electron chi connectivity index (χ2n) is 6.74. The Bertz CT molecular complexity index is 402. The van der Waals surface area contributed by atoms with E-state index >= 15 is 0 Å². The van der Waals surface area contributed by atoms with E-state index in [1.165, 1.54) is 11.1 Å². The van der Waals surface area contributed by atoms with Crippen molar-refractivity contribution in [2.24, 2.45) is 5.84 Å². The summed E-state index contributed by atoms with van der Waals surface area (Å²) >= 11 is 0. The normalized spacial score (nSPS) is 16.8. The van der Waals surface area contributed by atoms with Gasteiger partial charge >= 0.3 is 0 Å². The third kappa shape index (κ3) is 4.05. The van der Waals surface area contributed by atoms with Gasteiger partial charge in [-0.2, -0.15) is 0 Å². The Labute approximate surface area is 123 Å². The van der Waals surface area contributed by atoms with Crippen LogP contribution in [0.15, 0.2) is 24.3 Å². The van der Waals surface area contributed by atoms with Crippen LogP contribution < -0.4 is 11.3 Å². The third-order valence-corrected chi connectivity index (χ3v) is 4.37. The maximum absolute atomic E-state index is 5.73. The Kier molecular flexibility index (Phi) is 5.75.